The lowest BCUT2D eigenvalue weighted by Gasteiger charge is -2.09. The lowest BCUT2D eigenvalue weighted by molar-refractivity contribution is -0.111. The lowest BCUT2D eigenvalue weighted by atomic mass is 10.2. The highest BCUT2D eigenvalue weighted by molar-refractivity contribution is 6.30. The number of carbonyl (C=O) groups is 1. The van der Waals surface area contributed by atoms with Crippen LogP contribution in [-0.4, -0.2) is 17.0 Å². The Morgan fingerprint density at radius 3 is 2.86 bits per heavy atom. The quantitative estimate of drug-likeness (QED) is 0.842. The van der Waals surface area contributed by atoms with Gasteiger partial charge in [-0.25, -0.2) is 4.98 Å². The second kappa shape index (κ2) is 7.61. The highest BCUT2D eigenvalue weighted by atomic mass is 35.5. The first-order chi connectivity index (χ1) is 10.5. The van der Waals surface area contributed by atoms with Crippen LogP contribution in [0.4, 0.5) is 5.82 Å². The van der Waals surface area contributed by atoms with Gasteiger partial charge in [0, 0.05) is 17.3 Å². The average molecular weight is 317 g/mol. The topological polar surface area (TPSA) is 51.2 Å². The van der Waals surface area contributed by atoms with Crippen molar-refractivity contribution in [2.45, 2.75) is 20.0 Å². The van der Waals surface area contributed by atoms with Gasteiger partial charge in [0.2, 0.25) is 5.91 Å². The Balaban J connectivity index is 2.00. The number of hydrogen-bond acceptors (Lipinski definition) is 3. The standard InChI is InChI=1S/C17H17ClN2O2/c1-12(2)22-15-5-3-4-13(10-15)6-7-17(21)20-16-11-14(18)8-9-19-16/h3-12H,1-2H3,(H,19,20,21)/b7-6+. The number of nitrogens with zero attached hydrogens (tertiary/aromatic N) is 1. The number of aromatic nitrogens is 1. The second-order valence-corrected chi connectivity index (χ2v) is 5.36. The van der Waals surface area contributed by atoms with Crippen molar-refractivity contribution in [3.8, 4) is 5.75 Å². The summed E-state index contributed by atoms with van der Waals surface area (Å²) in [5.74, 6) is 0.915. The van der Waals surface area contributed by atoms with E-state index in [0.29, 0.717) is 10.8 Å². The number of halogens is 1. The second-order valence-electron chi connectivity index (χ2n) is 4.92. The molecule has 0 saturated carbocycles. The summed E-state index contributed by atoms with van der Waals surface area (Å²) in [5.41, 5.74) is 0.882. The van der Waals surface area contributed by atoms with Crippen molar-refractivity contribution in [3.63, 3.8) is 0 Å². The number of ether oxygens (including phenoxy) is 1. The van der Waals surface area contributed by atoms with E-state index in [9.17, 15) is 4.79 Å². The highest BCUT2D eigenvalue weighted by Gasteiger charge is 2.01. The monoisotopic (exact) mass is 316 g/mol. The maximum atomic E-state index is 11.8. The summed E-state index contributed by atoms with van der Waals surface area (Å²) in [6, 6.07) is 10.8. The Hall–Kier alpha value is -2.33. The molecule has 0 bridgehead atoms. The van der Waals surface area contributed by atoms with E-state index in [1.54, 1.807) is 18.2 Å². The molecule has 114 valence electrons. The smallest absolute Gasteiger partial charge is 0.249 e. The van der Waals surface area contributed by atoms with Crippen molar-refractivity contribution >= 4 is 29.4 Å². The third kappa shape index (κ3) is 5.22. The number of hydrogen-bond donors (Lipinski definition) is 1. The Labute approximate surface area is 134 Å². The predicted molar refractivity (Wildman–Crippen MR) is 89.1 cm³/mol. The molecule has 1 amide bonds. The van der Waals surface area contributed by atoms with E-state index in [4.69, 9.17) is 16.3 Å². The lowest BCUT2D eigenvalue weighted by Crippen LogP contribution is -2.08. The Morgan fingerprint density at radius 1 is 1.32 bits per heavy atom. The third-order valence-electron chi connectivity index (χ3n) is 2.63. The van der Waals surface area contributed by atoms with Gasteiger partial charge in [0.25, 0.3) is 0 Å². The molecule has 0 fully saturated rings. The van der Waals surface area contributed by atoms with E-state index >= 15 is 0 Å². The molecule has 22 heavy (non-hydrogen) atoms. The fourth-order valence-electron chi connectivity index (χ4n) is 1.78. The van der Waals surface area contributed by atoms with E-state index in [1.807, 2.05) is 38.1 Å². The molecule has 2 aromatic rings. The van der Waals surface area contributed by atoms with Crippen LogP contribution in [0.5, 0.6) is 5.75 Å². The van der Waals surface area contributed by atoms with Gasteiger partial charge in [-0.15, -0.1) is 0 Å². The zero-order valence-electron chi connectivity index (χ0n) is 12.4. The summed E-state index contributed by atoms with van der Waals surface area (Å²) in [4.78, 5) is 15.9. The Bertz CT molecular complexity index is 684. The molecule has 0 radical (unpaired) electrons. The normalized spacial score (nSPS) is 10.9. The van der Waals surface area contributed by atoms with Crippen molar-refractivity contribution < 1.29 is 9.53 Å². The Morgan fingerprint density at radius 2 is 2.14 bits per heavy atom. The van der Waals surface area contributed by atoms with Gasteiger partial charge in [0.05, 0.1) is 6.10 Å². The number of nitrogens with one attached hydrogen (secondary N) is 1. The molecule has 0 saturated heterocycles. The molecular formula is C17H17ClN2O2. The molecule has 1 aromatic carbocycles. The molecule has 4 nitrogen and oxygen atoms in total. The molecule has 0 unspecified atom stereocenters. The van der Waals surface area contributed by atoms with Gasteiger partial charge in [0.1, 0.15) is 11.6 Å². The number of rotatable bonds is 5. The zero-order valence-corrected chi connectivity index (χ0v) is 13.2. The molecule has 5 heteroatoms. The van der Waals surface area contributed by atoms with Crippen LogP contribution in [0.2, 0.25) is 5.02 Å². The fourth-order valence-corrected chi connectivity index (χ4v) is 1.94. The summed E-state index contributed by atoms with van der Waals surface area (Å²) in [5, 5.41) is 3.17. The molecule has 0 atom stereocenters. The summed E-state index contributed by atoms with van der Waals surface area (Å²) in [7, 11) is 0. The van der Waals surface area contributed by atoms with Gasteiger partial charge in [0.15, 0.2) is 0 Å². The van der Waals surface area contributed by atoms with E-state index in [1.165, 1.54) is 12.3 Å². The van der Waals surface area contributed by atoms with E-state index < -0.39 is 0 Å². The van der Waals surface area contributed by atoms with E-state index in [0.717, 1.165) is 11.3 Å². The predicted octanol–water partition coefficient (Wildman–Crippen LogP) is 4.17. The van der Waals surface area contributed by atoms with Gasteiger partial charge < -0.3 is 10.1 Å². The largest absolute Gasteiger partial charge is 0.491 e. The van der Waals surface area contributed by atoms with Crippen LogP contribution in [0.1, 0.15) is 19.4 Å². The molecule has 0 aliphatic rings. The first-order valence-electron chi connectivity index (χ1n) is 6.90. The maximum absolute atomic E-state index is 11.8. The van der Waals surface area contributed by atoms with Crippen LogP contribution in [0, 0.1) is 0 Å². The summed E-state index contributed by atoms with van der Waals surface area (Å²) < 4.78 is 5.61. The Kier molecular flexibility index (Phi) is 5.55. The molecule has 1 N–H and O–H groups in total. The summed E-state index contributed by atoms with van der Waals surface area (Å²) in [6.07, 6.45) is 4.80. The van der Waals surface area contributed by atoms with Gasteiger partial charge in [-0.1, -0.05) is 23.7 Å². The van der Waals surface area contributed by atoms with Crippen LogP contribution >= 0.6 is 11.6 Å². The molecule has 0 spiro atoms. The number of anilines is 1. The first kappa shape index (κ1) is 16.0. The van der Waals surface area contributed by atoms with Gasteiger partial charge in [-0.3, -0.25) is 4.79 Å². The molecular weight excluding hydrogens is 300 g/mol. The number of amides is 1. The van der Waals surface area contributed by atoms with Crippen LogP contribution < -0.4 is 10.1 Å². The van der Waals surface area contributed by atoms with Crippen molar-refractivity contribution in [3.05, 3.63) is 59.3 Å². The number of pyridine rings is 1. The summed E-state index contributed by atoms with van der Waals surface area (Å²) >= 11 is 5.84. The molecule has 0 aliphatic carbocycles. The SMILES string of the molecule is CC(C)Oc1cccc(/C=C/C(=O)Nc2cc(Cl)ccn2)c1. The van der Waals surface area contributed by atoms with E-state index in [2.05, 4.69) is 10.3 Å². The summed E-state index contributed by atoms with van der Waals surface area (Å²) in [6.45, 7) is 3.93. The van der Waals surface area contributed by atoms with Gasteiger partial charge >= 0.3 is 0 Å². The number of carbonyl (C=O) groups excluding carboxylic acids is 1. The molecule has 1 heterocycles. The third-order valence-corrected chi connectivity index (χ3v) is 2.87. The van der Waals surface area contributed by atoms with Crippen molar-refractivity contribution in [1.82, 2.24) is 4.98 Å². The minimum Gasteiger partial charge on any atom is -0.491 e. The van der Waals surface area contributed by atoms with E-state index in [-0.39, 0.29) is 12.0 Å². The highest BCUT2D eigenvalue weighted by Crippen LogP contribution is 2.16. The minimum absolute atomic E-state index is 0.108. The van der Waals surface area contributed by atoms with Gasteiger partial charge in [-0.05, 0) is 49.8 Å². The van der Waals surface area contributed by atoms with Crippen LogP contribution in [0.25, 0.3) is 6.08 Å². The van der Waals surface area contributed by atoms with Gasteiger partial charge in [-0.2, -0.15) is 0 Å². The van der Waals surface area contributed by atoms with Crippen molar-refractivity contribution in [2.24, 2.45) is 0 Å². The maximum Gasteiger partial charge on any atom is 0.249 e. The average Bonchev–Trinajstić information content (AvgIpc) is 2.45. The minimum atomic E-state index is -0.273. The van der Waals surface area contributed by atoms with Crippen molar-refractivity contribution in [2.75, 3.05) is 5.32 Å². The zero-order chi connectivity index (χ0) is 15.9. The fraction of sp³-hybridized carbons (Fsp3) is 0.176. The molecule has 1 aromatic heterocycles. The molecule has 2 rings (SSSR count). The molecule has 0 aliphatic heterocycles. The van der Waals surface area contributed by atoms with Crippen molar-refractivity contribution in [1.29, 1.82) is 0 Å². The number of benzene rings is 1. The first-order valence-corrected chi connectivity index (χ1v) is 7.28. The van der Waals surface area contributed by atoms with Crippen LogP contribution in [0.15, 0.2) is 48.7 Å². The van der Waals surface area contributed by atoms with Crippen LogP contribution in [0.3, 0.4) is 0 Å². The van der Waals surface area contributed by atoms with Crippen LogP contribution in [-0.2, 0) is 4.79 Å².